The maximum Gasteiger partial charge on any atom is 0.290 e. The highest BCUT2D eigenvalue weighted by Crippen LogP contribution is 2.48. The van der Waals surface area contributed by atoms with Crippen LogP contribution in [0, 0.1) is 0 Å². The van der Waals surface area contributed by atoms with Gasteiger partial charge in [-0.15, -0.1) is 0 Å². The quantitative estimate of drug-likeness (QED) is 0.641. The smallest absolute Gasteiger partial charge is 0.282 e. The van der Waals surface area contributed by atoms with E-state index in [0.717, 1.165) is 39.6 Å². The van der Waals surface area contributed by atoms with Gasteiger partial charge in [-0.3, -0.25) is 14.9 Å². The Labute approximate surface area is 119 Å². The van der Waals surface area contributed by atoms with Gasteiger partial charge in [-0.1, -0.05) is 48.5 Å². The lowest BCUT2D eigenvalue weighted by Crippen LogP contribution is -2.18. The van der Waals surface area contributed by atoms with Gasteiger partial charge in [-0.05, 0) is 34.0 Å². The number of thioether (sulfide) groups is 1. The lowest BCUT2D eigenvalue weighted by atomic mass is 10.0. The third kappa shape index (κ3) is 1.48. The van der Waals surface area contributed by atoms with E-state index in [9.17, 15) is 9.59 Å². The lowest BCUT2D eigenvalue weighted by Gasteiger charge is -2.04. The van der Waals surface area contributed by atoms with Crippen molar-refractivity contribution >= 4 is 28.5 Å². The number of benzene rings is 2. The summed E-state index contributed by atoms with van der Waals surface area (Å²) in [6, 6.07) is 15.9. The molecule has 1 heterocycles. The minimum absolute atomic E-state index is 0.304. The van der Waals surface area contributed by atoms with Gasteiger partial charge in [0.2, 0.25) is 0 Å². The van der Waals surface area contributed by atoms with E-state index >= 15 is 0 Å². The van der Waals surface area contributed by atoms with Crippen molar-refractivity contribution < 1.29 is 9.59 Å². The Morgan fingerprint density at radius 2 is 1.25 bits per heavy atom. The number of rotatable bonds is 0. The van der Waals surface area contributed by atoms with Gasteiger partial charge in [0.25, 0.3) is 11.1 Å². The fraction of sp³-hybridized carbons (Fsp3) is 0. The summed E-state index contributed by atoms with van der Waals surface area (Å²) in [7, 11) is 0. The standard InChI is InChI=1S/C16H9NO2S/c18-15-14(20-16(19)17-15)13-11-7-3-1-5-9(11)10-6-2-4-8-12(10)13/h1-8H,(H,17,18,19). The zero-order chi connectivity index (χ0) is 13.7. The van der Waals surface area contributed by atoms with Crippen LogP contribution in [0.25, 0.3) is 16.7 Å². The Hall–Kier alpha value is -2.33. The van der Waals surface area contributed by atoms with Gasteiger partial charge in [-0.25, -0.2) is 0 Å². The number of nitrogens with one attached hydrogen (secondary N) is 1. The van der Waals surface area contributed by atoms with Crippen molar-refractivity contribution in [3.05, 3.63) is 64.6 Å². The van der Waals surface area contributed by atoms with E-state index < -0.39 is 0 Å². The second-order valence-electron chi connectivity index (χ2n) is 4.64. The van der Waals surface area contributed by atoms with Gasteiger partial charge in [0.1, 0.15) is 0 Å². The zero-order valence-electron chi connectivity index (χ0n) is 10.3. The normalized spacial score (nSPS) is 16.2. The predicted molar refractivity (Wildman–Crippen MR) is 79.0 cm³/mol. The highest BCUT2D eigenvalue weighted by Gasteiger charge is 2.33. The highest BCUT2D eigenvalue weighted by atomic mass is 32.2. The van der Waals surface area contributed by atoms with Crippen molar-refractivity contribution in [2.45, 2.75) is 0 Å². The molecule has 1 aliphatic carbocycles. The van der Waals surface area contributed by atoms with E-state index in [4.69, 9.17) is 0 Å². The number of hydrogen-bond donors (Lipinski definition) is 1. The molecule has 96 valence electrons. The summed E-state index contributed by atoms with van der Waals surface area (Å²) in [6.45, 7) is 0. The summed E-state index contributed by atoms with van der Waals surface area (Å²) in [4.78, 5) is 23.9. The maximum absolute atomic E-state index is 12.0. The average molecular weight is 279 g/mol. The van der Waals surface area contributed by atoms with Crippen LogP contribution in [0.1, 0.15) is 11.1 Å². The molecule has 0 saturated carbocycles. The number of imide groups is 1. The summed E-state index contributed by atoms with van der Waals surface area (Å²) >= 11 is 0.978. The molecule has 1 N–H and O–H groups in total. The first-order chi connectivity index (χ1) is 9.75. The van der Waals surface area contributed by atoms with E-state index in [1.807, 2.05) is 48.5 Å². The molecule has 2 aromatic rings. The Bertz CT molecular complexity index is 760. The largest absolute Gasteiger partial charge is 0.290 e. The van der Waals surface area contributed by atoms with Crippen LogP contribution in [-0.4, -0.2) is 11.1 Å². The fourth-order valence-electron chi connectivity index (χ4n) is 2.74. The van der Waals surface area contributed by atoms with Crippen LogP contribution in [0.5, 0.6) is 0 Å². The number of fused-ring (bicyclic) bond motifs is 3. The minimum Gasteiger partial charge on any atom is -0.282 e. The molecule has 1 saturated heterocycles. The van der Waals surface area contributed by atoms with Crippen molar-refractivity contribution in [2.24, 2.45) is 0 Å². The van der Waals surface area contributed by atoms with Gasteiger partial charge in [-0.2, -0.15) is 0 Å². The third-order valence-corrected chi connectivity index (χ3v) is 4.41. The van der Waals surface area contributed by atoms with Crippen LogP contribution in [0.2, 0.25) is 0 Å². The fourth-order valence-corrected chi connectivity index (χ4v) is 3.54. The van der Waals surface area contributed by atoms with Crippen LogP contribution < -0.4 is 5.32 Å². The second-order valence-corrected chi connectivity index (χ2v) is 5.62. The molecule has 0 radical (unpaired) electrons. The van der Waals surface area contributed by atoms with E-state index in [1.54, 1.807) is 0 Å². The Morgan fingerprint density at radius 3 is 1.70 bits per heavy atom. The van der Waals surface area contributed by atoms with Crippen molar-refractivity contribution in [1.82, 2.24) is 5.32 Å². The number of carbonyl (C=O) groups is 2. The van der Waals surface area contributed by atoms with Gasteiger partial charge < -0.3 is 0 Å². The van der Waals surface area contributed by atoms with E-state index in [-0.39, 0.29) is 11.1 Å². The molecule has 0 bridgehead atoms. The number of hydrogen-bond acceptors (Lipinski definition) is 3. The van der Waals surface area contributed by atoms with E-state index in [2.05, 4.69) is 5.32 Å². The summed E-state index contributed by atoms with van der Waals surface area (Å²) in [5.41, 5.74) is 5.11. The molecule has 2 amide bonds. The molecule has 0 unspecified atom stereocenters. The van der Waals surface area contributed by atoms with Crippen molar-refractivity contribution in [3.8, 4) is 11.1 Å². The van der Waals surface area contributed by atoms with E-state index in [0.29, 0.717) is 4.91 Å². The first kappa shape index (κ1) is 11.5. The number of carbonyl (C=O) groups excluding carboxylic acids is 2. The second kappa shape index (κ2) is 4.08. The first-order valence-corrected chi connectivity index (χ1v) is 7.04. The molecule has 1 fully saturated rings. The predicted octanol–water partition coefficient (Wildman–Crippen LogP) is 3.41. The molecule has 1 aliphatic heterocycles. The SMILES string of the molecule is O=C1NC(=O)C(=C2c3ccccc3-c3ccccc32)S1. The average Bonchev–Trinajstić information content (AvgIpc) is 2.96. The maximum atomic E-state index is 12.0. The molecule has 0 atom stereocenters. The summed E-state index contributed by atoms with van der Waals surface area (Å²) in [5, 5.41) is 2.03. The van der Waals surface area contributed by atoms with Crippen LogP contribution in [0.3, 0.4) is 0 Å². The van der Waals surface area contributed by atoms with Crippen LogP contribution in [-0.2, 0) is 4.79 Å². The summed E-state index contributed by atoms with van der Waals surface area (Å²) < 4.78 is 0. The molecule has 2 aromatic carbocycles. The van der Waals surface area contributed by atoms with Crippen molar-refractivity contribution in [2.75, 3.05) is 0 Å². The Morgan fingerprint density at radius 1 is 0.750 bits per heavy atom. The monoisotopic (exact) mass is 279 g/mol. The molecule has 0 aromatic heterocycles. The lowest BCUT2D eigenvalue weighted by molar-refractivity contribution is -0.115. The molecule has 2 aliphatic rings. The number of amides is 2. The van der Waals surface area contributed by atoms with Gasteiger partial charge in [0, 0.05) is 5.57 Å². The van der Waals surface area contributed by atoms with Crippen LogP contribution in [0.4, 0.5) is 4.79 Å². The topological polar surface area (TPSA) is 46.2 Å². The molecular weight excluding hydrogens is 270 g/mol. The van der Waals surface area contributed by atoms with Crippen molar-refractivity contribution in [3.63, 3.8) is 0 Å². The zero-order valence-corrected chi connectivity index (χ0v) is 11.2. The van der Waals surface area contributed by atoms with Crippen molar-refractivity contribution in [1.29, 1.82) is 0 Å². The van der Waals surface area contributed by atoms with Gasteiger partial charge >= 0.3 is 0 Å². The van der Waals surface area contributed by atoms with Gasteiger partial charge in [0.05, 0.1) is 4.91 Å². The summed E-state index contributed by atoms with van der Waals surface area (Å²) in [5.74, 6) is -0.304. The minimum atomic E-state index is -0.306. The molecule has 20 heavy (non-hydrogen) atoms. The summed E-state index contributed by atoms with van der Waals surface area (Å²) in [6.07, 6.45) is 0. The Kier molecular flexibility index (Phi) is 2.35. The van der Waals surface area contributed by atoms with Gasteiger partial charge in [0.15, 0.2) is 0 Å². The van der Waals surface area contributed by atoms with E-state index in [1.165, 1.54) is 0 Å². The Balaban J connectivity index is 2.08. The van der Waals surface area contributed by atoms with Crippen LogP contribution >= 0.6 is 11.8 Å². The molecule has 3 nitrogen and oxygen atoms in total. The molecule has 4 rings (SSSR count). The highest BCUT2D eigenvalue weighted by molar-refractivity contribution is 8.18. The van der Waals surface area contributed by atoms with Crippen LogP contribution in [0.15, 0.2) is 53.4 Å². The molecular formula is C16H9NO2S. The third-order valence-electron chi connectivity index (χ3n) is 3.53. The molecule has 4 heteroatoms. The molecule has 0 spiro atoms. The first-order valence-electron chi connectivity index (χ1n) is 6.22.